The Morgan fingerprint density at radius 1 is 1.05 bits per heavy atom. The number of aromatic nitrogens is 3. The second-order valence-corrected chi connectivity index (χ2v) is 4.67. The molecule has 0 saturated carbocycles. The van der Waals surface area contributed by atoms with Crippen LogP contribution in [-0.2, 0) is 0 Å². The van der Waals surface area contributed by atoms with Crippen LogP contribution in [-0.4, -0.2) is 15.0 Å². The molecule has 0 aromatic carbocycles. The fraction of sp³-hybridized carbons (Fsp3) is 0.0625. The summed E-state index contributed by atoms with van der Waals surface area (Å²) in [7, 11) is 0. The Kier molecular flexibility index (Phi) is 2.29. The van der Waals surface area contributed by atoms with E-state index in [1.807, 2.05) is 37.3 Å². The third-order valence-electron chi connectivity index (χ3n) is 3.30. The van der Waals surface area contributed by atoms with Gasteiger partial charge in [-0.15, -0.1) is 0 Å². The molecule has 0 bridgehead atoms. The molecule has 4 nitrogen and oxygen atoms in total. The zero-order chi connectivity index (χ0) is 13.5. The summed E-state index contributed by atoms with van der Waals surface area (Å²) >= 11 is 0. The summed E-state index contributed by atoms with van der Waals surface area (Å²) in [5, 5.41) is 0.986. The van der Waals surface area contributed by atoms with Crippen LogP contribution in [0.15, 0.2) is 53.3 Å². The minimum Gasteiger partial charge on any atom is -0.459 e. The van der Waals surface area contributed by atoms with Crippen LogP contribution in [0.4, 0.5) is 0 Å². The number of rotatable bonds is 1. The Hall–Kier alpha value is -2.75. The fourth-order valence-corrected chi connectivity index (χ4v) is 2.44. The highest BCUT2D eigenvalue weighted by Crippen LogP contribution is 2.33. The van der Waals surface area contributed by atoms with Crippen molar-refractivity contribution in [1.29, 1.82) is 0 Å². The first-order valence-electron chi connectivity index (χ1n) is 6.38. The van der Waals surface area contributed by atoms with Gasteiger partial charge in [0, 0.05) is 29.5 Å². The molecule has 0 atom stereocenters. The second kappa shape index (κ2) is 4.13. The second-order valence-electron chi connectivity index (χ2n) is 4.67. The van der Waals surface area contributed by atoms with Crippen LogP contribution in [0.3, 0.4) is 0 Å². The lowest BCUT2D eigenvalue weighted by molar-refractivity contribution is 0.580. The molecular formula is C16H11N3O. The highest BCUT2D eigenvalue weighted by molar-refractivity contribution is 6.06. The minimum absolute atomic E-state index is 0.792. The van der Waals surface area contributed by atoms with Crippen molar-refractivity contribution in [1.82, 2.24) is 15.0 Å². The predicted molar refractivity (Wildman–Crippen MR) is 77.3 cm³/mol. The average Bonchev–Trinajstić information content (AvgIpc) is 2.89. The van der Waals surface area contributed by atoms with Crippen molar-refractivity contribution in [3.05, 3.63) is 54.7 Å². The van der Waals surface area contributed by atoms with E-state index in [1.54, 1.807) is 18.6 Å². The molecule has 0 spiro atoms. The number of hydrogen-bond donors (Lipinski definition) is 0. The number of hydrogen-bond acceptors (Lipinski definition) is 4. The molecule has 4 heterocycles. The van der Waals surface area contributed by atoms with Gasteiger partial charge in [-0.1, -0.05) is 0 Å². The number of nitrogens with zero attached hydrogens (tertiary/aromatic N) is 3. The van der Waals surface area contributed by atoms with E-state index >= 15 is 0 Å². The van der Waals surface area contributed by atoms with Gasteiger partial charge in [0.2, 0.25) is 0 Å². The molecule has 4 heteroatoms. The summed E-state index contributed by atoms with van der Waals surface area (Å²) in [5.74, 6) is 0.857. The van der Waals surface area contributed by atoms with E-state index in [0.29, 0.717) is 0 Å². The van der Waals surface area contributed by atoms with E-state index in [-0.39, 0.29) is 0 Å². The van der Waals surface area contributed by atoms with Gasteiger partial charge in [-0.25, -0.2) is 4.98 Å². The van der Waals surface area contributed by atoms with Crippen molar-refractivity contribution in [3.8, 4) is 11.3 Å². The Labute approximate surface area is 115 Å². The van der Waals surface area contributed by atoms with Crippen molar-refractivity contribution in [2.75, 3.05) is 0 Å². The van der Waals surface area contributed by atoms with Crippen LogP contribution in [0.5, 0.6) is 0 Å². The van der Waals surface area contributed by atoms with Gasteiger partial charge in [-0.3, -0.25) is 9.97 Å². The molecule has 0 fully saturated rings. The SMILES string of the molecule is Cc1cc2c(-c3ccncc3)nc3cccnc3c2o1. The monoisotopic (exact) mass is 261 g/mol. The highest BCUT2D eigenvalue weighted by atomic mass is 16.3. The van der Waals surface area contributed by atoms with Crippen molar-refractivity contribution < 1.29 is 4.42 Å². The molecule has 4 rings (SSSR count). The zero-order valence-corrected chi connectivity index (χ0v) is 10.9. The van der Waals surface area contributed by atoms with Crippen LogP contribution in [0.25, 0.3) is 33.3 Å². The number of aryl methyl sites for hydroxylation is 1. The van der Waals surface area contributed by atoms with Crippen LogP contribution in [0, 0.1) is 6.92 Å². The third-order valence-corrected chi connectivity index (χ3v) is 3.30. The lowest BCUT2D eigenvalue weighted by Crippen LogP contribution is -1.89. The van der Waals surface area contributed by atoms with Crippen LogP contribution >= 0.6 is 0 Å². The number of pyridine rings is 3. The number of fused-ring (bicyclic) bond motifs is 3. The van der Waals surface area contributed by atoms with Gasteiger partial charge in [0.25, 0.3) is 0 Å². The maximum atomic E-state index is 5.83. The first-order valence-corrected chi connectivity index (χ1v) is 6.38. The molecule has 0 N–H and O–H groups in total. The first kappa shape index (κ1) is 11.1. The number of furan rings is 1. The van der Waals surface area contributed by atoms with Crippen molar-refractivity contribution in [2.24, 2.45) is 0 Å². The highest BCUT2D eigenvalue weighted by Gasteiger charge is 2.14. The van der Waals surface area contributed by atoms with E-state index < -0.39 is 0 Å². The first-order chi connectivity index (χ1) is 9.83. The molecule has 0 unspecified atom stereocenters. The Balaban J connectivity index is 2.18. The van der Waals surface area contributed by atoms with Gasteiger partial charge in [-0.05, 0) is 37.3 Å². The van der Waals surface area contributed by atoms with Gasteiger partial charge < -0.3 is 4.42 Å². The molecule has 0 saturated heterocycles. The van der Waals surface area contributed by atoms with Crippen LogP contribution in [0.1, 0.15) is 5.76 Å². The van der Waals surface area contributed by atoms with Gasteiger partial charge in [-0.2, -0.15) is 0 Å². The topological polar surface area (TPSA) is 51.8 Å². The van der Waals surface area contributed by atoms with E-state index in [4.69, 9.17) is 9.40 Å². The summed E-state index contributed by atoms with van der Waals surface area (Å²) in [6, 6.07) is 9.74. The predicted octanol–water partition coefficient (Wildman–Crippen LogP) is 3.75. The Morgan fingerprint density at radius 3 is 2.75 bits per heavy atom. The molecule has 96 valence electrons. The van der Waals surface area contributed by atoms with E-state index in [2.05, 4.69) is 9.97 Å². The summed E-state index contributed by atoms with van der Waals surface area (Å²) in [6.45, 7) is 1.94. The Bertz CT molecular complexity index is 913. The van der Waals surface area contributed by atoms with E-state index in [1.165, 1.54) is 0 Å². The summed E-state index contributed by atoms with van der Waals surface area (Å²) in [6.07, 6.45) is 5.29. The third kappa shape index (κ3) is 1.58. The molecule has 0 aliphatic carbocycles. The molecule has 0 aliphatic rings. The largest absolute Gasteiger partial charge is 0.459 e. The molecule has 4 aromatic rings. The summed E-state index contributed by atoms with van der Waals surface area (Å²) in [5.41, 5.74) is 4.35. The smallest absolute Gasteiger partial charge is 0.164 e. The lowest BCUT2D eigenvalue weighted by atomic mass is 10.1. The van der Waals surface area contributed by atoms with E-state index in [9.17, 15) is 0 Å². The quantitative estimate of drug-likeness (QED) is 0.523. The standard InChI is InChI=1S/C16H11N3O/c1-10-9-12-14(11-4-7-17-8-5-11)19-13-3-2-6-18-15(13)16(12)20-10/h2-9H,1H3. The molecule has 4 aromatic heterocycles. The fourth-order valence-electron chi connectivity index (χ4n) is 2.44. The normalized spacial score (nSPS) is 11.2. The van der Waals surface area contributed by atoms with Crippen molar-refractivity contribution in [2.45, 2.75) is 6.92 Å². The van der Waals surface area contributed by atoms with Gasteiger partial charge in [0.05, 0.1) is 11.2 Å². The summed E-state index contributed by atoms with van der Waals surface area (Å²) in [4.78, 5) is 13.2. The zero-order valence-electron chi connectivity index (χ0n) is 10.9. The van der Waals surface area contributed by atoms with Crippen LogP contribution in [0.2, 0.25) is 0 Å². The molecule has 0 aliphatic heterocycles. The molecular weight excluding hydrogens is 250 g/mol. The lowest BCUT2D eigenvalue weighted by Gasteiger charge is -2.04. The average molecular weight is 261 g/mol. The van der Waals surface area contributed by atoms with Gasteiger partial charge in [0.15, 0.2) is 5.58 Å². The van der Waals surface area contributed by atoms with Crippen LogP contribution < -0.4 is 0 Å². The van der Waals surface area contributed by atoms with Gasteiger partial charge >= 0.3 is 0 Å². The Morgan fingerprint density at radius 2 is 1.90 bits per heavy atom. The van der Waals surface area contributed by atoms with Crippen molar-refractivity contribution in [3.63, 3.8) is 0 Å². The maximum absolute atomic E-state index is 5.83. The van der Waals surface area contributed by atoms with Crippen molar-refractivity contribution >= 4 is 22.0 Å². The minimum atomic E-state index is 0.792. The van der Waals surface area contributed by atoms with E-state index in [0.717, 1.165) is 39.0 Å². The molecule has 20 heavy (non-hydrogen) atoms. The maximum Gasteiger partial charge on any atom is 0.164 e. The van der Waals surface area contributed by atoms with Gasteiger partial charge in [0.1, 0.15) is 11.3 Å². The molecule has 0 radical (unpaired) electrons. The summed E-state index contributed by atoms with van der Waals surface area (Å²) < 4.78 is 5.83. The molecule has 0 amide bonds.